The number of anilines is 1. The van der Waals surface area contributed by atoms with E-state index in [1.807, 2.05) is 25.3 Å². The van der Waals surface area contributed by atoms with E-state index >= 15 is 0 Å². The number of hydrogen-bond acceptors (Lipinski definition) is 1. The van der Waals surface area contributed by atoms with Gasteiger partial charge in [0.05, 0.1) is 0 Å². The van der Waals surface area contributed by atoms with Gasteiger partial charge in [-0.05, 0) is 42.3 Å². The van der Waals surface area contributed by atoms with E-state index < -0.39 is 0 Å². The first kappa shape index (κ1) is 11.8. The molecule has 0 fully saturated rings. The Balaban J connectivity index is 1.82. The smallest absolute Gasteiger partial charge is 0.123 e. The van der Waals surface area contributed by atoms with E-state index in [1.54, 1.807) is 6.07 Å². The molecule has 0 radical (unpaired) electrons. The molecule has 0 saturated heterocycles. The third-order valence-corrected chi connectivity index (χ3v) is 3.33. The number of nitrogens with one attached hydrogen (secondary N) is 2. The molecule has 3 heteroatoms. The largest absolute Gasteiger partial charge is 0.381 e. The fraction of sp³-hybridized carbons (Fsp3) is 0.125. The van der Waals surface area contributed by atoms with Crippen LogP contribution in [0.15, 0.2) is 48.7 Å². The predicted octanol–water partition coefficient (Wildman–Crippen LogP) is 4.23. The second-order valence-corrected chi connectivity index (χ2v) is 4.67. The van der Waals surface area contributed by atoms with Gasteiger partial charge in [0.2, 0.25) is 0 Å². The van der Waals surface area contributed by atoms with Gasteiger partial charge in [-0.1, -0.05) is 18.2 Å². The normalized spacial score (nSPS) is 10.8. The van der Waals surface area contributed by atoms with Gasteiger partial charge >= 0.3 is 0 Å². The summed E-state index contributed by atoms with van der Waals surface area (Å²) in [7, 11) is 0. The SMILES string of the molecule is Cc1cc(F)ccc1NCc1c[nH]c2ccccc12. The van der Waals surface area contributed by atoms with Crippen LogP contribution in [0.1, 0.15) is 11.1 Å². The summed E-state index contributed by atoms with van der Waals surface area (Å²) in [5.74, 6) is -0.199. The molecule has 2 nitrogen and oxygen atoms in total. The number of para-hydroxylation sites is 1. The number of aryl methyl sites for hydroxylation is 1. The zero-order chi connectivity index (χ0) is 13.2. The first-order chi connectivity index (χ1) is 9.24. The van der Waals surface area contributed by atoms with Crippen molar-refractivity contribution in [3.63, 3.8) is 0 Å². The molecule has 3 rings (SSSR count). The fourth-order valence-electron chi connectivity index (χ4n) is 2.29. The quantitative estimate of drug-likeness (QED) is 0.719. The fourth-order valence-corrected chi connectivity index (χ4v) is 2.29. The second kappa shape index (κ2) is 4.76. The maximum Gasteiger partial charge on any atom is 0.123 e. The highest BCUT2D eigenvalue weighted by Crippen LogP contribution is 2.21. The molecule has 0 aliphatic heterocycles. The van der Waals surface area contributed by atoms with Crippen LogP contribution in [0.4, 0.5) is 10.1 Å². The monoisotopic (exact) mass is 254 g/mol. The lowest BCUT2D eigenvalue weighted by Gasteiger charge is -2.09. The molecule has 1 aromatic heterocycles. The molecule has 0 aliphatic rings. The summed E-state index contributed by atoms with van der Waals surface area (Å²) in [5.41, 5.74) is 4.22. The number of benzene rings is 2. The summed E-state index contributed by atoms with van der Waals surface area (Å²) >= 11 is 0. The van der Waals surface area contributed by atoms with Crippen LogP contribution in [0.2, 0.25) is 0 Å². The van der Waals surface area contributed by atoms with Crippen LogP contribution in [0.3, 0.4) is 0 Å². The van der Waals surface area contributed by atoms with Crippen LogP contribution in [0, 0.1) is 12.7 Å². The predicted molar refractivity (Wildman–Crippen MR) is 76.8 cm³/mol. The van der Waals surface area contributed by atoms with Gasteiger partial charge in [-0.25, -0.2) is 4.39 Å². The first-order valence-corrected chi connectivity index (χ1v) is 6.29. The molecule has 0 aliphatic carbocycles. The van der Waals surface area contributed by atoms with Crippen LogP contribution in [0.5, 0.6) is 0 Å². The third-order valence-electron chi connectivity index (χ3n) is 3.33. The van der Waals surface area contributed by atoms with E-state index in [0.717, 1.165) is 23.3 Å². The Morgan fingerprint density at radius 2 is 2.00 bits per heavy atom. The average Bonchev–Trinajstić information content (AvgIpc) is 2.81. The van der Waals surface area contributed by atoms with Crippen LogP contribution in [-0.4, -0.2) is 4.98 Å². The van der Waals surface area contributed by atoms with Crippen molar-refractivity contribution in [3.8, 4) is 0 Å². The molecule has 0 amide bonds. The third kappa shape index (κ3) is 2.32. The number of halogens is 1. The van der Waals surface area contributed by atoms with Crippen molar-refractivity contribution in [2.45, 2.75) is 13.5 Å². The molecule has 2 N–H and O–H groups in total. The van der Waals surface area contributed by atoms with Crippen LogP contribution >= 0.6 is 0 Å². The van der Waals surface area contributed by atoms with Gasteiger partial charge in [0.1, 0.15) is 5.82 Å². The van der Waals surface area contributed by atoms with Crippen molar-refractivity contribution in [2.75, 3.05) is 5.32 Å². The summed E-state index contributed by atoms with van der Waals surface area (Å²) in [6.07, 6.45) is 2.01. The maximum absolute atomic E-state index is 13.0. The molecule has 96 valence electrons. The molecule has 0 bridgehead atoms. The zero-order valence-corrected chi connectivity index (χ0v) is 10.7. The zero-order valence-electron chi connectivity index (χ0n) is 10.7. The molecule has 0 atom stereocenters. The highest BCUT2D eigenvalue weighted by molar-refractivity contribution is 5.83. The van der Waals surface area contributed by atoms with Crippen molar-refractivity contribution in [3.05, 3.63) is 65.6 Å². The summed E-state index contributed by atoms with van der Waals surface area (Å²) in [6.45, 7) is 2.62. The van der Waals surface area contributed by atoms with E-state index in [1.165, 1.54) is 23.1 Å². The summed E-state index contributed by atoms with van der Waals surface area (Å²) in [6, 6.07) is 13.0. The van der Waals surface area contributed by atoms with E-state index in [2.05, 4.69) is 22.4 Å². The lowest BCUT2D eigenvalue weighted by atomic mass is 10.1. The molecule has 0 unspecified atom stereocenters. The van der Waals surface area contributed by atoms with Crippen molar-refractivity contribution >= 4 is 16.6 Å². The first-order valence-electron chi connectivity index (χ1n) is 6.29. The number of rotatable bonds is 3. The lowest BCUT2D eigenvalue weighted by molar-refractivity contribution is 0.627. The van der Waals surface area contributed by atoms with E-state index in [0.29, 0.717) is 0 Å². The number of hydrogen-bond donors (Lipinski definition) is 2. The Bertz CT molecular complexity index is 716. The van der Waals surface area contributed by atoms with E-state index in [-0.39, 0.29) is 5.82 Å². The maximum atomic E-state index is 13.0. The highest BCUT2D eigenvalue weighted by Gasteiger charge is 2.04. The minimum absolute atomic E-state index is 0.199. The average molecular weight is 254 g/mol. The van der Waals surface area contributed by atoms with Crippen molar-refractivity contribution in [2.24, 2.45) is 0 Å². The molecule has 0 saturated carbocycles. The molecule has 0 spiro atoms. The Hall–Kier alpha value is -2.29. The van der Waals surface area contributed by atoms with Gasteiger partial charge in [0, 0.05) is 29.3 Å². The van der Waals surface area contributed by atoms with Crippen molar-refractivity contribution < 1.29 is 4.39 Å². The second-order valence-electron chi connectivity index (χ2n) is 4.67. The Morgan fingerprint density at radius 1 is 1.16 bits per heavy atom. The van der Waals surface area contributed by atoms with Crippen molar-refractivity contribution in [1.29, 1.82) is 0 Å². The minimum atomic E-state index is -0.199. The summed E-state index contributed by atoms with van der Waals surface area (Å²) in [5, 5.41) is 4.57. The highest BCUT2D eigenvalue weighted by atomic mass is 19.1. The Morgan fingerprint density at radius 3 is 2.84 bits per heavy atom. The van der Waals surface area contributed by atoms with Gasteiger partial charge in [-0.3, -0.25) is 0 Å². The van der Waals surface area contributed by atoms with Crippen LogP contribution in [0.25, 0.3) is 10.9 Å². The summed E-state index contributed by atoms with van der Waals surface area (Å²) < 4.78 is 13.0. The van der Waals surface area contributed by atoms with E-state index in [9.17, 15) is 4.39 Å². The van der Waals surface area contributed by atoms with Crippen LogP contribution in [-0.2, 0) is 6.54 Å². The topological polar surface area (TPSA) is 27.8 Å². The molecule has 1 heterocycles. The number of aromatic amines is 1. The van der Waals surface area contributed by atoms with Crippen molar-refractivity contribution in [1.82, 2.24) is 4.98 Å². The van der Waals surface area contributed by atoms with Gasteiger partial charge in [-0.15, -0.1) is 0 Å². The standard InChI is InChI=1S/C16H15FN2/c1-11-8-13(17)6-7-15(11)18-9-12-10-19-16-5-3-2-4-14(12)16/h2-8,10,18-19H,9H2,1H3. The molecular formula is C16H15FN2. The Kier molecular flexibility index (Phi) is 2.95. The van der Waals surface area contributed by atoms with Gasteiger partial charge in [-0.2, -0.15) is 0 Å². The number of aromatic nitrogens is 1. The van der Waals surface area contributed by atoms with Gasteiger partial charge < -0.3 is 10.3 Å². The van der Waals surface area contributed by atoms with Gasteiger partial charge in [0.25, 0.3) is 0 Å². The molecular weight excluding hydrogens is 239 g/mol. The molecule has 19 heavy (non-hydrogen) atoms. The Labute approximate surface area is 111 Å². The minimum Gasteiger partial charge on any atom is -0.381 e. The van der Waals surface area contributed by atoms with Gasteiger partial charge in [0.15, 0.2) is 0 Å². The van der Waals surface area contributed by atoms with Crippen LogP contribution < -0.4 is 5.32 Å². The summed E-state index contributed by atoms with van der Waals surface area (Å²) in [4.78, 5) is 3.25. The van der Waals surface area contributed by atoms with E-state index in [4.69, 9.17) is 0 Å². The number of fused-ring (bicyclic) bond motifs is 1. The lowest BCUT2D eigenvalue weighted by Crippen LogP contribution is -2.00. The number of H-pyrrole nitrogens is 1. The molecule has 3 aromatic rings. The molecule has 2 aromatic carbocycles.